The number of nitrogens with one attached hydrogen (secondary N) is 1. The molecule has 3 rings (SSSR count). The molecular formula is C21H27N3O. The van der Waals surface area contributed by atoms with Crippen molar-refractivity contribution in [2.75, 3.05) is 11.9 Å². The molecule has 2 bridgehead atoms. The summed E-state index contributed by atoms with van der Waals surface area (Å²) in [5.74, 6) is -0.336. The van der Waals surface area contributed by atoms with Crippen LogP contribution in [-0.2, 0) is 4.79 Å². The maximum atomic E-state index is 12.5. The number of likely N-dealkylation sites (tertiary alicyclic amines) is 1. The lowest BCUT2D eigenvalue weighted by molar-refractivity contribution is -0.112. The Morgan fingerprint density at radius 2 is 1.96 bits per heavy atom. The van der Waals surface area contributed by atoms with Crippen molar-refractivity contribution >= 4 is 11.6 Å². The summed E-state index contributed by atoms with van der Waals surface area (Å²) in [4.78, 5) is 14.7. The van der Waals surface area contributed by atoms with E-state index in [-0.39, 0.29) is 16.9 Å². The molecule has 4 nitrogen and oxygen atoms in total. The van der Waals surface area contributed by atoms with Crippen LogP contribution in [-0.4, -0.2) is 23.4 Å². The van der Waals surface area contributed by atoms with Crippen molar-refractivity contribution in [3.05, 3.63) is 41.6 Å². The Bertz CT molecular complexity index is 741. The van der Waals surface area contributed by atoms with Crippen LogP contribution in [0.2, 0.25) is 0 Å². The molecule has 0 spiro atoms. The molecule has 0 radical (unpaired) electrons. The van der Waals surface area contributed by atoms with Gasteiger partial charge in [0.15, 0.2) is 0 Å². The molecule has 2 unspecified atom stereocenters. The summed E-state index contributed by atoms with van der Waals surface area (Å²) < 4.78 is 0. The number of aryl methyl sites for hydroxylation is 1. The highest BCUT2D eigenvalue weighted by molar-refractivity contribution is 6.06. The Labute approximate surface area is 150 Å². The van der Waals surface area contributed by atoms with E-state index in [0.29, 0.717) is 17.1 Å². The van der Waals surface area contributed by atoms with E-state index in [0.717, 1.165) is 24.9 Å². The first-order valence-corrected chi connectivity index (χ1v) is 8.95. The Hall–Kier alpha value is -2.28. The lowest BCUT2D eigenvalue weighted by atomic mass is 9.65. The first-order valence-electron chi connectivity index (χ1n) is 8.95. The number of hydrogen-bond acceptors (Lipinski definition) is 3. The Morgan fingerprint density at radius 1 is 1.28 bits per heavy atom. The number of rotatable bonds is 3. The second-order valence-corrected chi connectivity index (χ2v) is 8.86. The molecule has 1 aromatic carbocycles. The first-order chi connectivity index (χ1) is 11.7. The number of carbonyl (C=O) groups excluding carboxylic acids is 1. The van der Waals surface area contributed by atoms with Crippen LogP contribution in [0.4, 0.5) is 5.69 Å². The highest BCUT2D eigenvalue weighted by atomic mass is 16.1. The topological polar surface area (TPSA) is 56.1 Å². The molecule has 1 saturated carbocycles. The van der Waals surface area contributed by atoms with Crippen molar-refractivity contribution in [2.45, 2.75) is 53.0 Å². The minimum atomic E-state index is -0.336. The van der Waals surface area contributed by atoms with E-state index in [1.54, 1.807) is 6.20 Å². The molecule has 1 heterocycles. The summed E-state index contributed by atoms with van der Waals surface area (Å²) >= 11 is 0. The minimum absolute atomic E-state index is 0.175. The van der Waals surface area contributed by atoms with Crippen LogP contribution in [0.5, 0.6) is 0 Å². The summed E-state index contributed by atoms with van der Waals surface area (Å²) in [6.45, 7) is 9.89. The van der Waals surface area contributed by atoms with Crippen LogP contribution in [0, 0.1) is 29.1 Å². The van der Waals surface area contributed by atoms with Gasteiger partial charge in [-0.25, -0.2) is 0 Å². The molecule has 2 fully saturated rings. The molecule has 1 aliphatic heterocycles. The van der Waals surface area contributed by atoms with E-state index < -0.39 is 0 Å². The Kier molecular flexibility index (Phi) is 4.36. The molecule has 4 heteroatoms. The maximum Gasteiger partial charge on any atom is 0.267 e. The third kappa shape index (κ3) is 3.87. The third-order valence-electron chi connectivity index (χ3n) is 5.42. The van der Waals surface area contributed by atoms with Gasteiger partial charge in [0.1, 0.15) is 11.6 Å². The lowest BCUT2D eigenvalue weighted by Crippen LogP contribution is -2.33. The molecule has 1 N–H and O–H groups in total. The van der Waals surface area contributed by atoms with E-state index in [4.69, 9.17) is 0 Å². The second kappa shape index (κ2) is 6.22. The Balaban J connectivity index is 1.76. The summed E-state index contributed by atoms with van der Waals surface area (Å²) in [7, 11) is 0. The van der Waals surface area contributed by atoms with E-state index in [1.165, 1.54) is 6.42 Å². The zero-order valence-electron chi connectivity index (χ0n) is 15.6. The van der Waals surface area contributed by atoms with Crippen molar-refractivity contribution < 1.29 is 4.79 Å². The summed E-state index contributed by atoms with van der Waals surface area (Å²) in [6.07, 6.45) is 5.22. The van der Waals surface area contributed by atoms with Gasteiger partial charge < -0.3 is 10.2 Å². The predicted molar refractivity (Wildman–Crippen MR) is 99.7 cm³/mol. The molecule has 1 aliphatic carbocycles. The van der Waals surface area contributed by atoms with Crippen molar-refractivity contribution in [3.8, 4) is 6.07 Å². The van der Waals surface area contributed by atoms with Gasteiger partial charge in [0.05, 0.1) is 0 Å². The van der Waals surface area contributed by atoms with Crippen LogP contribution in [0.15, 0.2) is 36.0 Å². The fourth-order valence-corrected chi connectivity index (χ4v) is 4.79. The van der Waals surface area contributed by atoms with Crippen LogP contribution < -0.4 is 5.32 Å². The van der Waals surface area contributed by atoms with Gasteiger partial charge >= 0.3 is 0 Å². The van der Waals surface area contributed by atoms with Crippen molar-refractivity contribution in [1.82, 2.24) is 4.90 Å². The van der Waals surface area contributed by atoms with Gasteiger partial charge in [-0.05, 0) is 49.1 Å². The molecule has 1 amide bonds. The molecule has 1 saturated heterocycles. The highest BCUT2D eigenvalue weighted by Gasteiger charge is 2.48. The molecule has 132 valence electrons. The van der Waals surface area contributed by atoms with E-state index in [2.05, 4.69) is 37.1 Å². The summed E-state index contributed by atoms with van der Waals surface area (Å²) in [6, 6.07) is 10.1. The third-order valence-corrected chi connectivity index (χ3v) is 5.42. The number of fused-ring (bicyclic) bond motifs is 2. The quantitative estimate of drug-likeness (QED) is 0.663. The standard InChI is InChI=1S/C21H27N3O/c1-15-5-7-17(8-6-15)23-19(25)16(11-22)12-24-14-21(4)10-18(24)9-20(2,3)13-21/h5-8,12,18H,9-10,13-14H2,1-4H3,(H,23,25)/b16-12-. The van der Waals surface area contributed by atoms with E-state index in [1.807, 2.05) is 31.2 Å². The van der Waals surface area contributed by atoms with Crippen molar-refractivity contribution in [2.24, 2.45) is 10.8 Å². The average Bonchev–Trinajstić information content (AvgIpc) is 2.75. The first kappa shape index (κ1) is 17.5. The number of nitriles is 1. The van der Waals surface area contributed by atoms with Crippen molar-refractivity contribution in [1.29, 1.82) is 5.26 Å². The fourth-order valence-electron chi connectivity index (χ4n) is 4.79. The molecule has 25 heavy (non-hydrogen) atoms. The summed E-state index contributed by atoms with van der Waals surface area (Å²) in [5, 5.41) is 12.3. The molecule has 0 aromatic heterocycles. The smallest absolute Gasteiger partial charge is 0.267 e. The zero-order chi connectivity index (χ0) is 18.2. The second-order valence-electron chi connectivity index (χ2n) is 8.86. The number of carbonyl (C=O) groups is 1. The van der Waals surface area contributed by atoms with E-state index in [9.17, 15) is 10.1 Å². The predicted octanol–water partition coefficient (Wildman–Crippen LogP) is 4.24. The van der Waals surface area contributed by atoms with Crippen LogP contribution in [0.25, 0.3) is 0 Å². The van der Waals surface area contributed by atoms with Gasteiger partial charge in [-0.3, -0.25) is 4.79 Å². The largest absolute Gasteiger partial charge is 0.373 e. The van der Waals surface area contributed by atoms with Crippen LogP contribution in [0.3, 0.4) is 0 Å². The van der Waals surface area contributed by atoms with Crippen LogP contribution >= 0.6 is 0 Å². The monoisotopic (exact) mass is 337 g/mol. The average molecular weight is 337 g/mol. The number of hydrogen-bond donors (Lipinski definition) is 1. The van der Waals surface area contributed by atoms with Gasteiger partial charge in [-0.1, -0.05) is 38.5 Å². The van der Waals surface area contributed by atoms with Gasteiger partial charge in [0.2, 0.25) is 0 Å². The lowest BCUT2D eigenvalue weighted by Gasteiger charge is -2.39. The van der Waals surface area contributed by atoms with Gasteiger partial charge in [-0.15, -0.1) is 0 Å². The van der Waals surface area contributed by atoms with E-state index >= 15 is 0 Å². The zero-order valence-corrected chi connectivity index (χ0v) is 15.6. The SMILES string of the molecule is Cc1ccc(NC(=O)/C(C#N)=C\N2CC3(C)CC2CC(C)(C)C3)cc1. The normalized spacial score (nSPS) is 27.7. The number of nitrogens with zero attached hydrogens (tertiary/aromatic N) is 2. The van der Waals surface area contributed by atoms with Gasteiger partial charge in [0, 0.05) is 24.5 Å². The van der Waals surface area contributed by atoms with Crippen molar-refractivity contribution in [3.63, 3.8) is 0 Å². The molecule has 1 aromatic rings. The summed E-state index contributed by atoms with van der Waals surface area (Å²) in [5.41, 5.74) is 2.61. The highest BCUT2D eigenvalue weighted by Crippen LogP contribution is 2.52. The maximum absolute atomic E-state index is 12.5. The number of benzene rings is 1. The van der Waals surface area contributed by atoms with Crippen LogP contribution in [0.1, 0.15) is 45.6 Å². The fraction of sp³-hybridized carbons (Fsp3) is 0.524. The van der Waals surface area contributed by atoms with Gasteiger partial charge in [0.25, 0.3) is 5.91 Å². The molecule has 2 aliphatic rings. The Morgan fingerprint density at radius 3 is 2.60 bits per heavy atom. The number of anilines is 1. The molecule has 2 atom stereocenters. The minimum Gasteiger partial charge on any atom is -0.373 e. The number of amides is 1. The van der Waals surface area contributed by atoms with Gasteiger partial charge in [-0.2, -0.15) is 5.26 Å². The molecular weight excluding hydrogens is 310 g/mol.